The molecule has 0 N–H and O–H groups in total. The van der Waals surface area contributed by atoms with E-state index in [0.29, 0.717) is 29.1 Å². The topological polar surface area (TPSA) is 87.2 Å². The van der Waals surface area contributed by atoms with Crippen LogP contribution >= 0.6 is 0 Å². The molecule has 0 aliphatic carbocycles. The van der Waals surface area contributed by atoms with Crippen molar-refractivity contribution in [3.05, 3.63) is 146 Å². The van der Waals surface area contributed by atoms with Crippen LogP contribution in [0.1, 0.15) is 0 Å². The van der Waals surface area contributed by atoms with Crippen molar-refractivity contribution in [3.8, 4) is 39.9 Å². The number of nitrogens with zero attached hydrogens (tertiary/aromatic N) is 6. The molecule has 0 unspecified atom stereocenters. The molecule has 0 amide bonds. The fourth-order valence-corrected chi connectivity index (χ4v) is 7.12. The van der Waals surface area contributed by atoms with Gasteiger partial charge in [0.1, 0.15) is 22.3 Å². The Kier molecular flexibility index (Phi) is 5.51. The lowest BCUT2D eigenvalue weighted by molar-refractivity contribution is 0.651. The van der Waals surface area contributed by atoms with Gasteiger partial charge in [-0.2, -0.15) is 9.97 Å². The molecule has 6 aromatic carbocycles. The summed E-state index contributed by atoms with van der Waals surface area (Å²) in [5.41, 5.74) is 9.70. The van der Waals surface area contributed by atoms with Crippen LogP contribution in [0.2, 0.25) is 0 Å². The molecule has 0 fully saturated rings. The minimum Gasteiger partial charge on any atom is -0.455 e. The number of hydrogen-bond acceptors (Lipinski definition) is 6. The lowest BCUT2D eigenvalue weighted by Gasteiger charge is -2.10. The van der Waals surface area contributed by atoms with Crippen LogP contribution in [0.4, 0.5) is 0 Å². The highest BCUT2D eigenvalue weighted by molar-refractivity contribution is 6.09. The van der Waals surface area contributed by atoms with Crippen LogP contribution in [0.15, 0.2) is 154 Å². The molecule has 0 spiro atoms. The van der Waals surface area contributed by atoms with Crippen molar-refractivity contribution in [3.63, 3.8) is 0 Å². The van der Waals surface area contributed by atoms with Crippen LogP contribution < -0.4 is 0 Å². The summed E-state index contributed by atoms with van der Waals surface area (Å²) >= 11 is 0. The van der Waals surface area contributed by atoms with Crippen molar-refractivity contribution in [2.75, 3.05) is 0 Å². The summed E-state index contributed by atoms with van der Waals surface area (Å²) < 4.78 is 16.7. The maximum atomic E-state index is 6.37. The quantitative estimate of drug-likeness (QED) is 0.189. The molecule has 0 saturated carbocycles. The Labute approximate surface area is 283 Å². The first-order chi connectivity index (χ1) is 24.8. The van der Waals surface area contributed by atoms with Crippen molar-refractivity contribution in [2.45, 2.75) is 0 Å². The van der Waals surface area contributed by atoms with Gasteiger partial charge in [0.2, 0.25) is 17.4 Å². The zero-order valence-corrected chi connectivity index (χ0v) is 26.4. The monoisotopic (exact) mass is 644 g/mol. The van der Waals surface area contributed by atoms with Gasteiger partial charge in [-0.25, -0.2) is 18.9 Å². The molecule has 0 atom stereocenters. The van der Waals surface area contributed by atoms with Gasteiger partial charge in [0, 0.05) is 32.8 Å². The molecule has 0 radical (unpaired) electrons. The first-order valence-electron chi connectivity index (χ1n) is 16.4. The fourth-order valence-electron chi connectivity index (χ4n) is 7.12. The van der Waals surface area contributed by atoms with Crippen molar-refractivity contribution >= 4 is 60.9 Å². The third-order valence-electron chi connectivity index (χ3n) is 9.44. The Bertz CT molecular complexity index is 3100. The third kappa shape index (κ3) is 3.87. The number of benzene rings is 6. The van der Waals surface area contributed by atoms with Gasteiger partial charge in [-0.1, -0.05) is 115 Å². The number of imidazole rings is 2. The Hall–Kier alpha value is -7.06. The molecule has 5 aromatic heterocycles. The summed E-state index contributed by atoms with van der Waals surface area (Å²) in [6.45, 7) is 0. The van der Waals surface area contributed by atoms with Gasteiger partial charge in [0.05, 0.1) is 11.0 Å². The zero-order valence-electron chi connectivity index (χ0n) is 26.4. The zero-order chi connectivity index (χ0) is 32.8. The Morgan fingerprint density at radius 1 is 0.440 bits per heavy atom. The van der Waals surface area contributed by atoms with Crippen molar-refractivity contribution < 1.29 is 8.83 Å². The maximum absolute atomic E-state index is 6.37. The van der Waals surface area contributed by atoms with E-state index >= 15 is 0 Å². The van der Waals surface area contributed by atoms with E-state index in [1.165, 1.54) is 0 Å². The van der Waals surface area contributed by atoms with Crippen LogP contribution in [0.5, 0.6) is 0 Å². The standard InChI is InChI=1S/C42H24N6O2/c1-2-11-26(12-3-1)38-44-39(27-23-21-25(22-24-27)28-15-10-16-30-29-13-4-8-19-34(29)49-37(28)30)46-41(45-38)48-33-18-7-6-17-32(33)47-40-36(43-42(47)48)31-14-5-9-20-35(31)50-40/h1-24H. The molecule has 0 bridgehead atoms. The molecular weight excluding hydrogens is 621 g/mol. The van der Waals surface area contributed by atoms with E-state index in [1.54, 1.807) is 0 Å². The number of para-hydroxylation sites is 5. The lowest BCUT2D eigenvalue weighted by Crippen LogP contribution is -2.07. The SMILES string of the molecule is c1ccc(-c2nc(-c3ccc(-c4cccc5c4oc4ccccc45)cc3)nc(-n3c4ccccc4n4c5oc6ccccc6c5nc34)n2)cc1. The molecule has 234 valence electrons. The first-order valence-corrected chi connectivity index (χ1v) is 16.4. The van der Waals surface area contributed by atoms with Gasteiger partial charge in [-0.15, -0.1) is 0 Å². The molecule has 0 saturated heterocycles. The van der Waals surface area contributed by atoms with E-state index < -0.39 is 0 Å². The van der Waals surface area contributed by atoms with E-state index in [2.05, 4.69) is 60.7 Å². The molecule has 8 nitrogen and oxygen atoms in total. The van der Waals surface area contributed by atoms with Crippen molar-refractivity contribution in [2.24, 2.45) is 0 Å². The lowest BCUT2D eigenvalue weighted by atomic mass is 10.0. The molecular formula is C42H24N6O2. The summed E-state index contributed by atoms with van der Waals surface area (Å²) in [7, 11) is 0. The highest BCUT2D eigenvalue weighted by atomic mass is 16.3. The second kappa shape index (κ2) is 10.2. The van der Waals surface area contributed by atoms with Crippen LogP contribution in [-0.2, 0) is 0 Å². The molecule has 8 heteroatoms. The first kappa shape index (κ1) is 26.9. The summed E-state index contributed by atoms with van der Waals surface area (Å²) in [6, 6.07) is 48.9. The maximum Gasteiger partial charge on any atom is 0.241 e. The smallest absolute Gasteiger partial charge is 0.241 e. The second-order valence-corrected chi connectivity index (χ2v) is 12.3. The molecule has 0 aliphatic heterocycles. The number of rotatable bonds is 4. The highest BCUT2D eigenvalue weighted by Gasteiger charge is 2.24. The number of aromatic nitrogens is 6. The highest BCUT2D eigenvalue weighted by Crippen LogP contribution is 2.37. The average Bonchev–Trinajstić information content (AvgIpc) is 3.92. The molecule has 11 rings (SSSR count). The molecule has 50 heavy (non-hydrogen) atoms. The number of furan rings is 2. The van der Waals surface area contributed by atoms with Crippen molar-refractivity contribution in [1.29, 1.82) is 0 Å². The Balaban J connectivity index is 1.11. The second-order valence-electron chi connectivity index (χ2n) is 12.3. The summed E-state index contributed by atoms with van der Waals surface area (Å²) in [5.74, 6) is 2.25. The van der Waals surface area contributed by atoms with Crippen LogP contribution in [0.3, 0.4) is 0 Å². The predicted octanol–water partition coefficient (Wildman–Crippen LogP) is 10.3. The van der Waals surface area contributed by atoms with Crippen LogP contribution in [0, 0.1) is 0 Å². The van der Waals surface area contributed by atoms with Crippen LogP contribution in [-0.4, -0.2) is 28.9 Å². The predicted molar refractivity (Wildman–Crippen MR) is 196 cm³/mol. The normalized spacial score (nSPS) is 12.0. The van der Waals surface area contributed by atoms with Gasteiger partial charge in [-0.3, -0.25) is 0 Å². The summed E-state index contributed by atoms with van der Waals surface area (Å²) in [5, 5.41) is 3.17. The molecule has 0 aliphatic rings. The van der Waals surface area contributed by atoms with Gasteiger partial charge in [0.25, 0.3) is 0 Å². The van der Waals surface area contributed by atoms with E-state index in [-0.39, 0.29) is 0 Å². The van der Waals surface area contributed by atoms with E-state index in [4.69, 9.17) is 28.8 Å². The van der Waals surface area contributed by atoms with Gasteiger partial charge in [0.15, 0.2) is 11.6 Å². The number of fused-ring (bicyclic) bond motifs is 10. The van der Waals surface area contributed by atoms with Gasteiger partial charge >= 0.3 is 0 Å². The fraction of sp³-hybridized carbons (Fsp3) is 0. The minimum absolute atomic E-state index is 0.466. The molecule has 5 heterocycles. The Morgan fingerprint density at radius 2 is 1.06 bits per heavy atom. The van der Waals surface area contributed by atoms with E-state index in [0.717, 1.165) is 71.7 Å². The summed E-state index contributed by atoms with van der Waals surface area (Å²) in [4.78, 5) is 20.3. The van der Waals surface area contributed by atoms with Crippen LogP contribution in [0.25, 0.3) is 101 Å². The summed E-state index contributed by atoms with van der Waals surface area (Å²) in [6.07, 6.45) is 0. The third-order valence-corrected chi connectivity index (χ3v) is 9.44. The average molecular weight is 645 g/mol. The van der Waals surface area contributed by atoms with Crippen molar-refractivity contribution in [1.82, 2.24) is 28.9 Å². The number of hydrogen-bond donors (Lipinski definition) is 0. The Morgan fingerprint density at radius 3 is 1.86 bits per heavy atom. The molecule has 11 aromatic rings. The van der Waals surface area contributed by atoms with E-state index in [9.17, 15) is 0 Å². The minimum atomic E-state index is 0.466. The van der Waals surface area contributed by atoms with E-state index in [1.807, 2.05) is 93.9 Å². The van der Waals surface area contributed by atoms with Gasteiger partial charge < -0.3 is 8.83 Å². The largest absolute Gasteiger partial charge is 0.455 e. The van der Waals surface area contributed by atoms with Gasteiger partial charge in [-0.05, 0) is 35.9 Å².